The van der Waals surface area contributed by atoms with Gasteiger partial charge in [0.2, 0.25) is 0 Å². The highest BCUT2D eigenvalue weighted by Crippen LogP contribution is 2.62. The maximum Gasteiger partial charge on any atom is 0.140 e. The van der Waals surface area contributed by atoms with Crippen LogP contribution in [0, 0.1) is 0 Å². The van der Waals surface area contributed by atoms with Crippen LogP contribution in [0.2, 0.25) is 0 Å². The van der Waals surface area contributed by atoms with Crippen molar-refractivity contribution in [2.75, 3.05) is 0 Å². The van der Waals surface area contributed by atoms with Gasteiger partial charge in [-0.05, 0) is 99.7 Å². The Morgan fingerprint density at radius 2 is 0.531 bits per heavy atom. The van der Waals surface area contributed by atoms with Crippen LogP contribution in [0.1, 0.15) is 22.3 Å². The summed E-state index contributed by atoms with van der Waals surface area (Å²) in [7, 11) is 0. The summed E-state index contributed by atoms with van der Waals surface area (Å²) in [5, 5.41) is 11.8. The van der Waals surface area contributed by atoms with Crippen molar-refractivity contribution < 1.29 is 4.74 Å². The second-order valence-corrected chi connectivity index (χ2v) is 17.1. The van der Waals surface area contributed by atoms with E-state index in [4.69, 9.17) is 4.74 Å². The van der Waals surface area contributed by atoms with Crippen molar-refractivity contribution in [3.63, 3.8) is 0 Å². The van der Waals surface area contributed by atoms with Crippen molar-refractivity contribution >= 4 is 53.9 Å². The van der Waals surface area contributed by atoms with Crippen LogP contribution in [0.3, 0.4) is 0 Å². The second-order valence-electron chi connectivity index (χ2n) is 17.1. The Morgan fingerprint density at radius 1 is 0.234 bits per heavy atom. The van der Waals surface area contributed by atoms with E-state index in [2.05, 4.69) is 243 Å². The zero-order valence-electron chi connectivity index (χ0n) is 35.0. The quantitative estimate of drug-likeness (QED) is 0.157. The molecule has 298 valence electrons. The lowest BCUT2D eigenvalue weighted by molar-refractivity contribution is 0.449. The van der Waals surface area contributed by atoms with Gasteiger partial charge in [-0.15, -0.1) is 0 Å². The van der Waals surface area contributed by atoms with E-state index in [1.165, 1.54) is 87.6 Å². The molecule has 1 heteroatoms. The minimum absolute atomic E-state index is 0.804. The number of hydrogen-bond donors (Lipinski definition) is 0. The first-order chi connectivity index (χ1) is 31.7. The fourth-order valence-electron chi connectivity index (χ4n) is 10.8. The van der Waals surface area contributed by atoms with Gasteiger partial charge in [0, 0.05) is 21.9 Å². The van der Waals surface area contributed by atoms with Gasteiger partial charge in [0.15, 0.2) is 0 Å². The van der Waals surface area contributed by atoms with E-state index in [1.807, 2.05) is 0 Å². The SMILES string of the molecule is c1ccc(-c2ccc(C3(c4ccc(-c5ccc6cc(-c7ccccc7)ccc6c5)cc4)c4c(c5ccccc5c5ccccc45)Oc4c3c3ccccc3c3ccccc43)cc2)cc1. The van der Waals surface area contributed by atoms with Gasteiger partial charge in [-0.1, -0.05) is 231 Å². The molecule has 13 rings (SSSR count). The van der Waals surface area contributed by atoms with Crippen molar-refractivity contribution in [2.24, 2.45) is 0 Å². The molecular formula is C63H40O. The van der Waals surface area contributed by atoms with E-state index in [0.717, 1.165) is 33.4 Å². The Morgan fingerprint density at radius 3 is 0.953 bits per heavy atom. The normalized spacial score (nSPS) is 12.9. The maximum absolute atomic E-state index is 7.58. The Kier molecular flexibility index (Phi) is 8.20. The Balaban J connectivity index is 1.12. The average molecular weight is 813 g/mol. The minimum Gasteiger partial charge on any atom is -0.455 e. The van der Waals surface area contributed by atoms with Gasteiger partial charge in [-0.25, -0.2) is 0 Å². The molecule has 1 aliphatic heterocycles. The van der Waals surface area contributed by atoms with Gasteiger partial charge < -0.3 is 4.74 Å². The smallest absolute Gasteiger partial charge is 0.140 e. The highest BCUT2D eigenvalue weighted by Gasteiger charge is 2.49. The van der Waals surface area contributed by atoms with Gasteiger partial charge in [-0.2, -0.15) is 0 Å². The first-order valence-electron chi connectivity index (χ1n) is 22.2. The van der Waals surface area contributed by atoms with Gasteiger partial charge in [-0.3, -0.25) is 0 Å². The fraction of sp³-hybridized carbons (Fsp3) is 0.0159. The third-order valence-electron chi connectivity index (χ3n) is 13.7. The van der Waals surface area contributed by atoms with Crippen LogP contribution in [0.25, 0.3) is 87.2 Å². The average Bonchev–Trinajstić information content (AvgIpc) is 3.38. The summed E-state index contributed by atoms with van der Waals surface area (Å²) in [6, 6.07) is 89.1. The van der Waals surface area contributed by atoms with Crippen molar-refractivity contribution in [1.29, 1.82) is 0 Å². The van der Waals surface area contributed by atoms with Crippen LogP contribution in [-0.4, -0.2) is 0 Å². The lowest BCUT2D eigenvalue weighted by atomic mass is 9.60. The van der Waals surface area contributed by atoms with Crippen LogP contribution in [0.15, 0.2) is 243 Å². The van der Waals surface area contributed by atoms with Crippen LogP contribution in [-0.2, 0) is 5.41 Å². The summed E-state index contributed by atoms with van der Waals surface area (Å²) in [5.74, 6) is 1.81. The molecule has 0 amide bonds. The summed E-state index contributed by atoms with van der Waals surface area (Å²) in [6.07, 6.45) is 0. The molecule has 0 saturated heterocycles. The van der Waals surface area contributed by atoms with Crippen LogP contribution < -0.4 is 4.74 Å². The molecule has 0 unspecified atom stereocenters. The molecule has 1 heterocycles. The number of rotatable bonds is 5. The predicted octanol–water partition coefficient (Wildman–Crippen LogP) is 16.9. The molecule has 0 radical (unpaired) electrons. The highest BCUT2D eigenvalue weighted by atomic mass is 16.5. The van der Waals surface area contributed by atoms with Crippen LogP contribution >= 0.6 is 0 Å². The lowest BCUT2D eigenvalue weighted by Crippen LogP contribution is -2.35. The maximum atomic E-state index is 7.58. The molecule has 0 spiro atoms. The third-order valence-corrected chi connectivity index (χ3v) is 13.7. The molecule has 0 bridgehead atoms. The molecule has 0 fully saturated rings. The zero-order chi connectivity index (χ0) is 42.2. The Hall–Kier alpha value is -8.26. The molecule has 0 atom stereocenters. The van der Waals surface area contributed by atoms with E-state index < -0.39 is 5.41 Å². The third kappa shape index (κ3) is 5.44. The predicted molar refractivity (Wildman–Crippen MR) is 269 cm³/mol. The first-order valence-corrected chi connectivity index (χ1v) is 22.2. The van der Waals surface area contributed by atoms with E-state index in [1.54, 1.807) is 0 Å². The molecule has 0 aromatic heterocycles. The van der Waals surface area contributed by atoms with Crippen molar-refractivity contribution in [1.82, 2.24) is 0 Å². The van der Waals surface area contributed by atoms with E-state index in [0.29, 0.717) is 0 Å². The van der Waals surface area contributed by atoms with Crippen molar-refractivity contribution in [3.8, 4) is 44.9 Å². The summed E-state index contributed by atoms with van der Waals surface area (Å²) < 4.78 is 7.58. The van der Waals surface area contributed by atoms with Gasteiger partial charge >= 0.3 is 0 Å². The standard InChI is InChI=1S/C63H40O/c1-3-15-41(16-4-1)43-31-35-49(36-32-43)63(50-37-33-44(34-38-50)46-28-30-47-39-45(27-29-48(47)40-46)42-17-5-2-6-18-42)59-55-23-11-7-19-51(55)53-21-9-13-25-57(53)61(59)64-62-58-26-14-10-22-54(58)52-20-8-12-24-56(52)60(62)63/h1-40H. The van der Waals surface area contributed by atoms with Gasteiger partial charge in [0.05, 0.1) is 5.41 Å². The molecule has 1 nitrogen and oxygen atoms in total. The van der Waals surface area contributed by atoms with Gasteiger partial charge in [0.25, 0.3) is 0 Å². The van der Waals surface area contributed by atoms with E-state index >= 15 is 0 Å². The zero-order valence-corrected chi connectivity index (χ0v) is 35.0. The van der Waals surface area contributed by atoms with Gasteiger partial charge in [0.1, 0.15) is 11.5 Å². The fourth-order valence-corrected chi connectivity index (χ4v) is 10.8. The molecule has 1 aliphatic rings. The van der Waals surface area contributed by atoms with E-state index in [9.17, 15) is 0 Å². The molecule has 0 aliphatic carbocycles. The lowest BCUT2D eigenvalue weighted by Gasteiger charge is -2.44. The number of ether oxygens (including phenoxy) is 1. The summed E-state index contributed by atoms with van der Waals surface area (Å²) in [6.45, 7) is 0. The Bertz CT molecular complexity index is 3650. The first kappa shape index (κ1) is 36.4. The summed E-state index contributed by atoms with van der Waals surface area (Å²) >= 11 is 0. The largest absolute Gasteiger partial charge is 0.455 e. The molecule has 64 heavy (non-hydrogen) atoms. The second kappa shape index (κ2) is 14.4. The van der Waals surface area contributed by atoms with E-state index in [-0.39, 0.29) is 0 Å². The van der Waals surface area contributed by atoms with Crippen molar-refractivity contribution in [3.05, 3.63) is 265 Å². The summed E-state index contributed by atoms with van der Waals surface area (Å²) in [5.41, 5.74) is 11.1. The molecule has 0 saturated carbocycles. The van der Waals surface area contributed by atoms with Crippen LogP contribution in [0.4, 0.5) is 0 Å². The Labute approximate surface area is 372 Å². The molecule has 12 aromatic carbocycles. The molecular weight excluding hydrogens is 773 g/mol. The summed E-state index contributed by atoms with van der Waals surface area (Å²) in [4.78, 5) is 0. The number of hydrogen-bond acceptors (Lipinski definition) is 1. The minimum atomic E-state index is -0.804. The molecule has 12 aromatic rings. The molecule has 0 N–H and O–H groups in total. The van der Waals surface area contributed by atoms with Crippen molar-refractivity contribution in [2.45, 2.75) is 5.41 Å². The monoisotopic (exact) mass is 812 g/mol. The number of fused-ring (bicyclic) bond motifs is 13. The number of benzene rings is 12. The topological polar surface area (TPSA) is 9.23 Å². The van der Waals surface area contributed by atoms with Crippen LogP contribution in [0.5, 0.6) is 11.5 Å². The highest BCUT2D eigenvalue weighted by molar-refractivity contribution is 6.18.